The molecule has 0 bridgehead atoms. The standard InChI is InChI=1S/C23H32N2O5/c1-8-9-10-11-12-13-14-17-15-23(16-24,19(27)29-21(2,3)4)25(18(17)26)20(28)30-22(5,6)7/h15H,8-12H2,1-7H3/t23-/m0/s1. The second-order valence-corrected chi connectivity index (χ2v) is 9.17. The van der Waals surface area contributed by atoms with Gasteiger partial charge < -0.3 is 9.47 Å². The molecular weight excluding hydrogens is 384 g/mol. The fourth-order valence-corrected chi connectivity index (χ4v) is 2.67. The molecule has 1 rings (SSSR count). The highest BCUT2D eigenvalue weighted by Crippen LogP contribution is 2.32. The van der Waals surface area contributed by atoms with Gasteiger partial charge in [0.15, 0.2) is 0 Å². The highest BCUT2D eigenvalue weighted by Gasteiger charge is 2.57. The van der Waals surface area contributed by atoms with Crippen molar-refractivity contribution >= 4 is 18.0 Å². The van der Waals surface area contributed by atoms with Crippen LogP contribution in [0, 0.1) is 23.2 Å². The van der Waals surface area contributed by atoms with Gasteiger partial charge in [0.25, 0.3) is 11.4 Å². The lowest BCUT2D eigenvalue weighted by atomic mass is 10.0. The van der Waals surface area contributed by atoms with E-state index in [9.17, 15) is 19.6 Å². The first kappa shape index (κ1) is 25.2. The lowest BCUT2D eigenvalue weighted by Gasteiger charge is -2.32. The quantitative estimate of drug-likeness (QED) is 0.377. The van der Waals surface area contributed by atoms with Crippen molar-refractivity contribution in [2.45, 2.75) is 97.3 Å². The molecule has 0 saturated heterocycles. The lowest BCUT2D eigenvalue weighted by Crippen LogP contribution is -2.57. The molecule has 30 heavy (non-hydrogen) atoms. The smallest absolute Gasteiger partial charge is 0.419 e. The van der Waals surface area contributed by atoms with Gasteiger partial charge in [0.2, 0.25) is 0 Å². The Morgan fingerprint density at radius 2 is 1.67 bits per heavy atom. The number of hydrogen-bond acceptors (Lipinski definition) is 6. The molecule has 0 fully saturated rings. The Bertz CT molecular complexity index is 812. The molecule has 1 heterocycles. The van der Waals surface area contributed by atoms with Crippen LogP contribution in [-0.2, 0) is 19.1 Å². The third-order valence-corrected chi connectivity index (χ3v) is 3.97. The topological polar surface area (TPSA) is 96.7 Å². The summed E-state index contributed by atoms with van der Waals surface area (Å²) >= 11 is 0. The fraction of sp³-hybridized carbons (Fsp3) is 0.652. The number of ether oxygens (including phenoxy) is 2. The van der Waals surface area contributed by atoms with Gasteiger partial charge in [-0.15, -0.1) is 0 Å². The predicted octanol–water partition coefficient (Wildman–Crippen LogP) is 4.27. The molecule has 1 aliphatic rings. The highest BCUT2D eigenvalue weighted by molar-refractivity contribution is 6.14. The molecule has 0 radical (unpaired) electrons. The summed E-state index contributed by atoms with van der Waals surface area (Å²) in [6, 6.07) is 1.78. The summed E-state index contributed by atoms with van der Waals surface area (Å²) in [6.45, 7) is 11.9. The average molecular weight is 417 g/mol. The maximum absolute atomic E-state index is 12.9. The van der Waals surface area contributed by atoms with E-state index in [4.69, 9.17) is 9.47 Å². The molecule has 0 aliphatic carbocycles. The summed E-state index contributed by atoms with van der Waals surface area (Å²) in [6.07, 6.45) is 4.69. The SMILES string of the molecule is CCCCCCC#CC1=C[C@](C#N)(C(=O)OC(C)(C)C)N(C(=O)OC(C)(C)C)C1=O. The van der Waals surface area contributed by atoms with Crippen LogP contribution in [0.5, 0.6) is 0 Å². The molecule has 0 aromatic carbocycles. The molecule has 0 saturated carbocycles. The maximum Gasteiger partial charge on any atom is 0.419 e. The van der Waals surface area contributed by atoms with E-state index in [-0.39, 0.29) is 5.57 Å². The first-order valence-corrected chi connectivity index (χ1v) is 10.2. The number of carbonyl (C=O) groups is 3. The number of nitrogens with zero attached hydrogens (tertiary/aromatic N) is 2. The van der Waals surface area contributed by atoms with Gasteiger partial charge in [-0.1, -0.05) is 38.0 Å². The Balaban J connectivity index is 3.30. The first-order valence-electron chi connectivity index (χ1n) is 10.2. The molecule has 0 aromatic rings. The molecule has 1 aliphatic heterocycles. The third-order valence-electron chi connectivity index (χ3n) is 3.97. The zero-order valence-electron chi connectivity index (χ0n) is 19.0. The zero-order valence-corrected chi connectivity index (χ0v) is 19.0. The number of esters is 1. The second kappa shape index (κ2) is 9.80. The Morgan fingerprint density at radius 1 is 1.07 bits per heavy atom. The summed E-state index contributed by atoms with van der Waals surface area (Å²) in [5.74, 6) is 3.73. The normalized spacial score (nSPS) is 18.8. The number of amides is 2. The van der Waals surface area contributed by atoms with Gasteiger partial charge in [0.05, 0.1) is 5.57 Å². The number of hydrogen-bond donors (Lipinski definition) is 0. The van der Waals surface area contributed by atoms with Crippen LogP contribution in [-0.4, -0.2) is 39.6 Å². The van der Waals surface area contributed by atoms with Crippen molar-refractivity contribution in [1.29, 1.82) is 5.26 Å². The van der Waals surface area contributed by atoms with Gasteiger partial charge in [-0.2, -0.15) is 5.26 Å². The molecule has 0 N–H and O–H groups in total. The minimum absolute atomic E-state index is 0.0937. The van der Waals surface area contributed by atoms with E-state index >= 15 is 0 Å². The number of rotatable bonds is 5. The first-order chi connectivity index (χ1) is 13.8. The largest absolute Gasteiger partial charge is 0.457 e. The molecule has 164 valence electrons. The Kier molecular flexibility index (Phi) is 8.25. The van der Waals surface area contributed by atoms with Crippen LogP contribution < -0.4 is 0 Å². The van der Waals surface area contributed by atoms with Gasteiger partial charge in [0, 0.05) is 6.42 Å². The predicted molar refractivity (Wildman–Crippen MR) is 112 cm³/mol. The number of imide groups is 1. The van der Waals surface area contributed by atoms with E-state index in [0.29, 0.717) is 11.3 Å². The molecule has 2 amide bonds. The van der Waals surface area contributed by atoms with Crippen LogP contribution >= 0.6 is 0 Å². The van der Waals surface area contributed by atoms with Gasteiger partial charge in [-0.3, -0.25) is 4.79 Å². The Hall–Kier alpha value is -2.80. The Labute approximate surface area is 179 Å². The summed E-state index contributed by atoms with van der Waals surface area (Å²) in [7, 11) is 0. The van der Waals surface area contributed by atoms with Gasteiger partial charge in [-0.25, -0.2) is 14.5 Å². The van der Waals surface area contributed by atoms with Crippen molar-refractivity contribution in [3.8, 4) is 17.9 Å². The van der Waals surface area contributed by atoms with E-state index in [2.05, 4.69) is 18.8 Å². The molecule has 1 atom stereocenters. The van der Waals surface area contributed by atoms with Crippen molar-refractivity contribution in [1.82, 2.24) is 4.90 Å². The molecule has 7 nitrogen and oxygen atoms in total. The van der Waals surface area contributed by atoms with Gasteiger partial charge >= 0.3 is 12.1 Å². The van der Waals surface area contributed by atoms with Crippen LogP contribution in [0.4, 0.5) is 4.79 Å². The van der Waals surface area contributed by atoms with Crippen molar-refractivity contribution in [3.63, 3.8) is 0 Å². The van der Waals surface area contributed by atoms with Crippen LogP contribution in [0.3, 0.4) is 0 Å². The minimum Gasteiger partial charge on any atom is -0.457 e. The second-order valence-electron chi connectivity index (χ2n) is 9.17. The van der Waals surface area contributed by atoms with Crippen molar-refractivity contribution in [3.05, 3.63) is 11.6 Å². The maximum atomic E-state index is 12.9. The van der Waals surface area contributed by atoms with Crippen LogP contribution in [0.1, 0.15) is 80.6 Å². The summed E-state index contributed by atoms with van der Waals surface area (Å²) in [5.41, 5.74) is -4.21. The van der Waals surface area contributed by atoms with Crippen LogP contribution in [0.25, 0.3) is 0 Å². The van der Waals surface area contributed by atoms with E-state index in [1.807, 2.05) is 0 Å². The molecule has 0 spiro atoms. The van der Waals surface area contributed by atoms with E-state index < -0.39 is 34.7 Å². The van der Waals surface area contributed by atoms with Crippen LogP contribution in [0.15, 0.2) is 11.6 Å². The van der Waals surface area contributed by atoms with E-state index in [1.165, 1.54) is 0 Å². The Morgan fingerprint density at radius 3 is 2.17 bits per heavy atom. The summed E-state index contributed by atoms with van der Waals surface area (Å²) < 4.78 is 10.6. The number of unbranched alkanes of at least 4 members (excludes halogenated alkanes) is 4. The van der Waals surface area contributed by atoms with Gasteiger partial charge in [0.1, 0.15) is 17.3 Å². The zero-order chi connectivity index (χ0) is 23.2. The van der Waals surface area contributed by atoms with Crippen LogP contribution in [0.2, 0.25) is 0 Å². The highest BCUT2D eigenvalue weighted by atomic mass is 16.6. The lowest BCUT2D eigenvalue weighted by molar-refractivity contribution is -0.164. The molecule has 0 aromatic heterocycles. The van der Waals surface area contributed by atoms with Crippen molar-refractivity contribution in [2.24, 2.45) is 0 Å². The molecule has 7 heteroatoms. The fourth-order valence-electron chi connectivity index (χ4n) is 2.67. The summed E-state index contributed by atoms with van der Waals surface area (Å²) in [4.78, 5) is 39.1. The van der Waals surface area contributed by atoms with Crippen molar-refractivity contribution < 1.29 is 23.9 Å². The van der Waals surface area contributed by atoms with E-state index in [0.717, 1.165) is 31.8 Å². The third kappa shape index (κ3) is 6.62. The van der Waals surface area contributed by atoms with E-state index in [1.54, 1.807) is 47.6 Å². The monoisotopic (exact) mass is 416 g/mol. The number of carbonyl (C=O) groups excluding carboxylic acids is 3. The number of nitriles is 1. The minimum atomic E-state index is -2.26. The molecule has 0 unspecified atom stereocenters. The van der Waals surface area contributed by atoms with Crippen molar-refractivity contribution in [2.75, 3.05) is 0 Å². The summed E-state index contributed by atoms with van der Waals surface area (Å²) in [5, 5.41) is 9.86. The molecular formula is C23H32N2O5. The average Bonchev–Trinajstić information content (AvgIpc) is 2.88. The van der Waals surface area contributed by atoms with Gasteiger partial charge in [-0.05, 0) is 54.0 Å².